The Morgan fingerprint density at radius 3 is 2.15 bits per heavy atom. The van der Waals surface area contributed by atoms with Gasteiger partial charge in [-0.05, 0) is 149 Å². The molecule has 1 atom stereocenters. The molecule has 7 heterocycles. The van der Waals surface area contributed by atoms with Gasteiger partial charge < -0.3 is 41.2 Å². The van der Waals surface area contributed by atoms with Gasteiger partial charge in [0.25, 0.3) is 0 Å². The molecule has 0 spiro atoms. The lowest BCUT2D eigenvalue weighted by Gasteiger charge is -2.19. The highest BCUT2D eigenvalue weighted by Gasteiger charge is 2.20. The smallest absolute Gasteiger partial charge is 0.435 e. The van der Waals surface area contributed by atoms with Crippen molar-refractivity contribution in [2.24, 2.45) is 10.7 Å². The number of hydrogen-bond donors (Lipinski definition) is 6. The summed E-state index contributed by atoms with van der Waals surface area (Å²) in [4.78, 5) is 57.9. The van der Waals surface area contributed by atoms with Crippen molar-refractivity contribution in [3.63, 3.8) is 0 Å². The van der Waals surface area contributed by atoms with E-state index in [4.69, 9.17) is 43.5 Å². The molecule has 0 radical (unpaired) electrons. The number of hydrogen-bond acceptors (Lipinski definition) is 16. The van der Waals surface area contributed by atoms with Crippen LogP contribution in [-0.2, 0) is 9.47 Å². The molecule has 2 aliphatic heterocycles. The van der Waals surface area contributed by atoms with Gasteiger partial charge in [-0.1, -0.05) is 73.8 Å². The number of halogens is 4. The Kier molecular flexibility index (Phi) is 22.7. The van der Waals surface area contributed by atoms with Crippen LogP contribution in [-0.4, -0.2) is 109 Å². The summed E-state index contributed by atoms with van der Waals surface area (Å²) < 4.78 is 14.4. The number of aliphatic imine (C=N–C) groups is 1. The number of carbonyl (C=O) groups excluding carboxylic acids is 2. The maximum atomic E-state index is 12.2. The lowest BCUT2D eigenvalue weighted by Crippen LogP contribution is -2.27. The largest absolute Gasteiger partial charge is 0.477 e. The van der Waals surface area contributed by atoms with Crippen LogP contribution in [0, 0.1) is 6.92 Å². The third kappa shape index (κ3) is 18.9. The van der Waals surface area contributed by atoms with E-state index in [0.29, 0.717) is 33.0 Å². The first-order chi connectivity index (χ1) is 37.7. The summed E-state index contributed by atoms with van der Waals surface area (Å²) in [7, 11) is 3.75. The Hall–Kier alpha value is -6.95. The number of carbonyl (C=O) groups is 3. The summed E-state index contributed by atoms with van der Waals surface area (Å²) in [5.41, 5.74) is 11.0. The molecule has 7 N–H and O–H groups in total. The van der Waals surface area contributed by atoms with E-state index in [9.17, 15) is 14.4 Å². The average Bonchev–Trinajstić information content (AvgIpc) is 4.28. The van der Waals surface area contributed by atoms with Crippen LogP contribution in [0.1, 0.15) is 65.7 Å². The molecule has 11 rings (SSSR count). The normalized spacial score (nSPS) is 13.2. The van der Waals surface area contributed by atoms with Crippen molar-refractivity contribution in [2.75, 3.05) is 44.5 Å². The number of nitrogens with two attached hydrogens (primary N) is 1. The van der Waals surface area contributed by atoms with E-state index in [1.165, 1.54) is 34.1 Å². The molecule has 1 saturated heterocycles. The van der Waals surface area contributed by atoms with Gasteiger partial charge in [-0.25, -0.2) is 29.5 Å². The number of aryl methyl sites for hydroxylation is 1. The van der Waals surface area contributed by atoms with Crippen LogP contribution in [0.15, 0.2) is 136 Å². The SMILES string of the molecule is CC(=O)c1[nH]c2cc(Br)ccc2c1Cl.CC(C)(C)OC(=O)n1ncc2cc(Nc3ccnc(Cl)n3)ccc21.CNC.Cc1nccc(Nc2ccc(C3=CCN=C3)cc2)n1.NC1CCOC1.O=C(O)c1cc2ccc(Br)cc2s1. The Bertz CT molecular complexity index is 3600. The van der Waals surface area contributed by atoms with Crippen LogP contribution in [0.3, 0.4) is 0 Å². The van der Waals surface area contributed by atoms with Crippen LogP contribution >= 0.6 is 66.4 Å². The summed E-state index contributed by atoms with van der Waals surface area (Å²) in [5, 5.41) is 25.3. The Balaban J connectivity index is 0.000000165. The average molecular weight is 1260 g/mol. The van der Waals surface area contributed by atoms with E-state index in [0.717, 1.165) is 84.5 Å². The zero-order chi connectivity index (χ0) is 57.2. The lowest BCUT2D eigenvalue weighted by molar-refractivity contribution is 0.0522. The quantitative estimate of drug-likeness (QED) is 0.0641. The van der Waals surface area contributed by atoms with E-state index in [-0.39, 0.29) is 11.1 Å². The van der Waals surface area contributed by atoms with Crippen LogP contribution in [0.2, 0.25) is 10.3 Å². The fourth-order valence-corrected chi connectivity index (χ4v) is 9.43. The number of H-pyrrole nitrogens is 1. The minimum Gasteiger partial charge on any atom is -0.477 e. The summed E-state index contributed by atoms with van der Waals surface area (Å²) in [6.45, 7) is 11.2. The van der Waals surface area contributed by atoms with Crippen LogP contribution in [0.5, 0.6) is 0 Å². The summed E-state index contributed by atoms with van der Waals surface area (Å²) in [6, 6.07) is 30.7. The number of carboxylic acid groups (broad SMARTS) is 1. The standard InChI is InChI=1S/C16H16ClN5O2.C15H14N4.C10H7BrClNO.C9H5BrO2S.C4H9NO.C2H7N/c1-16(2,3)24-15(23)22-12-5-4-11(8-10(12)9-19-22)20-13-6-7-18-14(17)21-13;1-11-17-9-7-15(18-11)19-14-4-2-12(3-5-14)13-6-8-16-10-13;1-5(14)10-9(12)7-3-2-6(11)4-8(7)13-10;10-6-2-1-5-3-8(9(11)12)13-7(5)4-6;5-4-1-2-6-3-4;1-3-2/h4-9H,1-3H3,(H,18,20,21);2-7,9-10H,8H2,1H3,(H,17,18,19);2-4,13H,1H3;1-4H,(H,11,12);4H,1-3,5H2;3H,1-2H3. The molecule has 5 aromatic heterocycles. The minimum atomic E-state index is -0.864. The number of aromatic carboxylic acids is 1. The first kappa shape index (κ1) is 61.3. The van der Waals surface area contributed by atoms with Gasteiger partial charge in [-0.2, -0.15) is 9.78 Å². The van der Waals surface area contributed by atoms with Crippen molar-refractivity contribution in [2.45, 2.75) is 52.7 Å². The predicted octanol–water partition coefficient (Wildman–Crippen LogP) is 13.7. The number of aromatic amines is 1. The number of allylic oxidation sites excluding steroid dienone is 1. The van der Waals surface area contributed by atoms with Gasteiger partial charge in [0.1, 0.15) is 33.6 Å². The molecule has 0 amide bonds. The molecular weight excluding hydrogens is 1200 g/mol. The maximum Gasteiger partial charge on any atom is 0.435 e. The number of aromatic nitrogens is 7. The van der Waals surface area contributed by atoms with E-state index in [2.05, 4.69) is 101 Å². The highest BCUT2D eigenvalue weighted by atomic mass is 79.9. The van der Waals surface area contributed by atoms with Crippen LogP contribution in [0.4, 0.5) is 27.8 Å². The van der Waals surface area contributed by atoms with Gasteiger partial charge >= 0.3 is 12.1 Å². The molecule has 1 unspecified atom stereocenters. The third-order valence-electron chi connectivity index (χ3n) is 10.7. The number of Topliss-reactive ketones (excluding diaryl/α,β-unsaturated/α-hetero) is 1. The topological polar surface area (TPSA) is 250 Å². The van der Waals surface area contributed by atoms with Crippen molar-refractivity contribution in [1.29, 1.82) is 0 Å². The molecular formula is C56H58Br2Cl2N12O6S. The van der Waals surface area contributed by atoms with Crippen molar-refractivity contribution in [3.8, 4) is 0 Å². The molecule has 0 aliphatic carbocycles. The number of fused-ring (bicyclic) bond motifs is 3. The second-order valence-corrected chi connectivity index (χ2v) is 21.9. The summed E-state index contributed by atoms with van der Waals surface area (Å²) >= 11 is 19.8. The molecule has 0 bridgehead atoms. The second-order valence-electron chi connectivity index (χ2n) is 18.3. The molecule has 18 nitrogen and oxygen atoms in total. The molecule has 79 heavy (non-hydrogen) atoms. The van der Waals surface area contributed by atoms with Gasteiger partial charge in [0.05, 0.1) is 29.9 Å². The molecule has 9 aromatic rings. The molecule has 23 heteroatoms. The number of nitrogens with zero attached hydrogens (tertiary/aromatic N) is 7. The third-order valence-corrected chi connectivity index (χ3v) is 13.3. The summed E-state index contributed by atoms with van der Waals surface area (Å²) in [6.07, 6.45) is 9.49. The molecule has 2 aliphatic rings. The number of nitrogens with one attached hydrogen (secondary N) is 4. The monoisotopic (exact) mass is 1250 g/mol. The molecule has 412 valence electrons. The number of thiophene rings is 1. The number of rotatable bonds is 7. The van der Waals surface area contributed by atoms with Gasteiger partial charge in [0.2, 0.25) is 5.28 Å². The van der Waals surface area contributed by atoms with Crippen molar-refractivity contribution >= 4 is 151 Å². The van der Waals surface area contributed by atoms with E-state index >= 15 is 0 Å². The number of ether oxygens (including phenoxy) is 2. The Morgan fingerprint density at radius 2 is 1.54 bits per heavy atom. The fourth-order valence-electron chi connectivity index (χ4n) is 7.12. The van der Waals surface area contributed by atoms with Crippen LogP contribution in [0.25, 0.3) is 37.5 Å². The molecule has 1 fully saturated rings. The number of benzene rings is 4. The maximum absolute atomic E-state index is 12.2. The highest BCUT2D eigenvalue weighted by Crippen LogP contribution is 2.31. The van der Waals surface area contributed by atoms with Crippen LogP contribution < -0.4 is 21.7 Å². The fraction of sp³-hybridized carbons (Fsp3) is 0.232. The molecule has 0 saturated carbocycles. The lowest BCUT2D eigenvalue weighted by atomic mass is 10.1. The number of ketones is 1. The van der Waals surface area contributed by atoms with Crippen molar-refractivity contribution in [1.82, 2.24) is 40.0 Å². The Labute approximate surface area is 487 Å². The Morgan fingerprint density at radius 1 is 0.873 bits per heavy atom. The second kappa shape index (κ2) is 29.3. The van der Waals surface area contributed by atoms with E-state index in [1.807, 2.05) is 115 Å². The van der Waals surface area contributed by atoms with Crippen molar-refractivity contribution in [3.05, 3.63) is 163 Å². The summed E-state index contributed by atoms with van der Waals surface area (Å²) in [5.74, 6) is 1.23. The van der Waals surface area contributed by atoms with Crippen molar-refractivity contribution < 1.29 is 29.0 Å². The molecule has 4 aromatic carbocycles. The number of carboxylic acids is 1. The predicted molar refractivity (Wildman–Crippen MR) is 325 cm³/mol. The number of anilines is 4. The first-order valence-electron chi connectivity index (χ1n) is 24.4. The van der Waals surface area contributed by atoms with Gasteiger partial charge in [0, 0.05) is 79.5 Å². The van der Waals surface area contributed by atoms with Gasteiger partial charge in [-0.3, -0.25) is 9.79 Å². The highest BCUT2D eigenvalue weighted by molar-refractivity contribution is 9.10. The zero-order valence-electron chi connectivity index (χ0n) is 44.1. The van der Waals surface area contributed by atoms with E-state index in [1.54, 1.807) is 36.8 Å². The zero-order valence-corrected chi connectivity index (χ0v) is 49.6. The minimum absolute atomic E-state index is 0.0534. The van der Waals surface area contributed by atoms with Gasteiger partial charge in [-0.15, -0.1) is 11.3 Å². The van der Waals surface area contributed by atoms with Gasteiger partial charge in [0.15, 0.2) is 5.78 Å². The first-order valence-corrected chi connectivity index (χ1v) is 27.5. The van der Waals surface area contributed by atoms with E-state index < -0.39 is 17.7 Å².